The van der Waals surface area contributed by atoms with Gasteiger partial charge < -0.3 is 15.4 Å². The summed E-state index contributed by atoms with van der Waals surface area (Å²) in [5.41, 5.74) is 0.335. The van der Waals surface area contributed by atoms with Crippen LogP contribution in [0.3, 0.4) is 0 Å². The number of hydrogen-bond acceptors (Lipinski definition) is 5. The average molecular weight is 396 g/mol. The number of hydrogen-bond donors (Lipinski definition) is 2. The zero-order valence-corrected chi connectivity index (χ0v) is 16.7. The lowest BCUT2D eigenvalue weighted by atomic mass is 10.2. The van der Waals surface area contributed by atoms with Crippen LogP contribution in [0.15, 0.2) is 23.1 Å². The number of nitrogens with one attached hydrogen (secondary N) is 2. The van der Waals surface area contributed by atoms with E-state index in [-0.39, 0.29) is 22.6 Å². The number of carbonyl (C=O) groups is 1. The molecule has 0 bridgehead atoms. The van der Waals surface area contributed by atoms with Crippen molar-refractivity contribution in [3.05, 3.63) is 23.8 Å². The molecule has 150 valence electrons. The number of nitrogens with zero attached hydrogens (tertiary/aromatic N) is 1. The first kappa shape index (κ1) is 20.1. The van der Waals surface area contributed by atoms with E-state index in [0.29, 0.717) is 25.2 Å². The Kier molecular flexibility index (Phi) is 6.73. The van der Waals surface area contributed by atoms with Gasteiger partial charge in [-0.3, -0.25) is 4.79 Å². The van der Waals surface area contributed by atoms with Gasteiger partial charge in [-0.2, -0.15) is 4.31 Å². The van der Waals surface area contributed by atoms with Gasteiger partial charge in [-0.25, -0.2) is 8.42 Å². The van der Waals surface area contributed by atoms with E-state index in [1.54, 1.807) is 12.1 Å². The third-order valence-electron chi connectivity index (χ3n) is 5.28. The monoisotopic (exact) mass is 395 g/mol. The summed E-state index contributed by atoms with van der Waals surface area (Å²) in [7, 11) is -2.25. The second-order valence-electron chi connectivity index (χ2n) is 7.19. The number of sulfonamides is 1. The molecule has 2 saturated heterocycles. The summed E-state index contributed by atoms with van der Waals surface area (Å²) in [6.07, 6.45) is 5.95. The Morgan fingerprint density at radius 3 is 2.59 bits per heavy atom. The molecule has 27 heavy (non-hydrogen) atoms. The van der Waals surface area contributed by atoms with Crippen LogP contribution in [-0.2, 0) is 10.0 Å². The molecule has 0 spiro atoms. The van der Waals surface area contributed by atoms with Gasteiger partial charge in [0.2, 0.25) is 10.0 Å². The third kappa shape index (κ3) is 4.80. The number of carbonyl (C=O) groups excluding carboxylic acids is 1. The maximum atomic E-state index is 13.2. The Morgan fingerprint density at radius 1 is 1.22 bits per heavy atom. The van der Waals surface area contributed by atoms with Gasteiger partial charge in [0.1, 0.15) is 10.6 Å². The van der Waals surface area contributed by atoms with Gasteiger partial charge >= 0.3 is 0 Å². The van der Waals surface area contributed by atoms with Gasteiger partial charge in [-0.15, -0.1) is 0 Å². The average Bonchev–Trinajstić information content (AvgIpc) is 3.04. The van der Waals surface area contributed by atoms with Crippen LogP contribution in [0.5, 0.6) is 5.75 Å². The van der Waals surface area contributed by atoms with Gasteiger partial charge in [-0.05, 0) is 50.4 Å². The predicted octanol–water partition coefficient (Wildman–Crippen LogP) is 1.74. The Balaban J connectivity index is 1.80. The van der Waals surface area contributed by atoms with Crippen molar-refractivity contribution in [2.45, 2.75) is 49.5 Å². The van der Waals surface area contributed by atoms with Gasteiger partial charge in [0.25, 0.3) is 5.91 Å². The fraction of sp³-hybridized carbons (Fsp3) is 0.632. The summed E-state index contributed by atoms with van der Waals surface area (Å²) in [6, 6.07) is 4.90. The van der Waals surface area contributed by atoms with Crippen molar-refractivity contribution in [3.63, 3.8) is 0 Å². The molecule has 1 aromatic carbocycles. The Bertz CT molecular complexity index is 752. The van der Waals surface area contributed by atoms with Gasteiger partial charge in [0.15, 0.2) is 0 Å². The molecule has 2 aliphatic heterocycles. The minimum absolute atomic E-state index is 0.0681. The highest BCUT2D eigenvalue weighted by Crippen LogP contribution is 2.29. The van der Waals surface area contributed by atoms with E-state index in [0.717, 1.165) is 45.1 Å². The minimum Gasteiger partial charge on any atom is -0.495 e. The van der Waals surface area contributed by atoms with E-state index in [9.17, 15) is 13.2 Å². The molecule has 0 radical (unpaired) electrons. The fourth-order valence-corrected chi connectivity index (χ4v) is 5.39. The predicted molar refractivity (Wildman–Crippen MR) is 104 cm³/mol. The summed E-state index contributed by atoms with van der Waals surface area (Å²) in [5, 5.41) is 6.22. The summed E-state index contributed by atoms with van der Waals surface area (Å²) in [4.78, 5) is 12.6. The second kappa shape index (κ2) is 9.03. The summed E-state index contributed by atoms with van der Waals surface area (Å²) >= 11 is 0. The molecule has 0 aromatic heterocycles. The lowest BCUT2D eigenvalue weighted by molar-refractivity contribution is 0.0950. The summed E-state index contributed by atoms with van der Waals surface area (Å²) < 4.78 is 33.1. The number of ether oxygens (including phenoxy) is 1. The zero-order valence-electron chi connectivity index (χ0n) is 15.9. The van der Waals surface area contributed by atoms with Crippen molar-refractivity contribution in [2.24, 2.45) is 0 Å². The van der Waals surface area contributed by atoms with Gasteiger partial charge in [0, 0.05) is 31.2 Å². The second-order valence-corrected chi connectivity index (χ2v) is 9.09. The first-order valence-corrected chi connectivity index (χ1v) is 11.2. The SMILES string of the molecule is COc1ccc(C(=O)NCC2CCCN2)cc1S(=O)(=O)N1CCCCCC1. The number of amides is 1. The van der Waals surface area contributed by atoms with Crippen molar-refractivity contribution < 1.29 is 17.9 Å². The molecule has 0 aliphatic carbocycles. The van der Waals surface area contributed by atoms with E-state index in [4.69, 9.17) is 4.74 Å². The highest BCUT2D eigenvalue weighted by atomic mass is 32.2. The third-order valence-corrected chi connectivity index (χ3v) is 7.20. The summed E-state index contributed by atoms with van der Waals surface area (Å²) in [5.74, 6) is 0.00641. The highest BCUT2D eigenvalue weighted by Gasteiger charge is 2.29. The van der Waals surface area contributed by atoms with E-state index in [1.807, 2.05) is 0 Å². The van der Waals surface area contributed by atoms with Crippen molar-refractivity contribution in [1.29, 1.82) is 0 Å². The number of methoxy groups -OCH3 is 1. The van der Waals surface area contributed by atoms with Crippen LogP contribution in [0.25, 0.3) is 0 Å². The van der Waals surface area contributed by atoms with E-state index >= 15 is 0 Å². The fourth-order valence-electron chi connectivity index (χ4n) is 3.69. The van der Waals surface area contributed by atoms with Crippen LogP contribution >= 0.6 is 0 Å². The zero-order chi connectivity index (χ0) is 19.3. The van der Waals surface area contributed by atoms with Crippen molar-refractivity contribution in [2.75, 3.05) is 33.3 Å². The molecule has 0 saturated carbocycles. The van der Waals surface area contributed by atoms with Crippen LogP contribution in [0.1, 0.15) is 48.9 Å². The standard InChI is InChI=1S/C19H29N3O4S/c1-26-17-9-8-15(19(23)21-14-16-7-6-10-20-16)13-18(17)27(24,25)22-11-4-2-3-5-12-22/h8-9,13,16,20H,2-7,10-12,14H2,1H3,(H,21,23). The van der Waals surface area contributed by atoms with Crippen LogP contribution < -0.4 is 15.4 Å². The van der Waals surface area contributed by atoms with Gasteiger partial charge in [0.05, 0.1) is 7.11 Å². The Morgan fingerprint density at radius 2 is 1.96 bits per heavy atom. The maximum absolute atomic E-state index is 13.2. The Labute approximate surface area is 161 Å². The molecule has 7 nitrogen and oxygen atoms in total. The molecule has 1 aromatic rings. The Hall–Kier alpha value is -1.64. The molecule has 1 amide bonds. The summed E-state index contributed by atoms with van der Waals surface area (Å²) in [6.45, 7) is 2.53. The molecule has 1 unspecified atom stereocenters. The molecule has 2 fully saturated rings. The molecular formula is C19H29N3O4S. The smallest absolute Gasteiger partial charge is 0.251 e. The van der Waals surface area contributed by atoms with Crippen LogP contribution in [0, 0.1) is 0 Å². The molecule has 8 heteroatoms. The first-order chi connectivity index (χ1) is 13.0. The lowest BCUT2D eigenvalue weighted by Crippen LogP contribution is -2.37. The van der Waals surface area contributed by atoms with E-state index in [2.05, 4.69) is 10.6 Å². The van der Waals surface area contributed by atoms with Crippen LogP contribution in [0.2, 0.25) is 0 Å². The molecule has 3 rings (SSSR count). The van der Waals surface area contributed by atoms with E-state index in [1.165, 1.54) is 17.5 Å². The maximum Gasteiger partial charge on any atom is 0.251 e. The largest absolute Gasteiger partial charge is 0.495 e. The van der Waals surface area contributed by atoms with Crippen molar-refractivity contribution >= 4 is 15.9 Å². The van der Waals surface area contributed by atoms with Crippen molar-refractivity contribution in [1.82, 2.24) is 14.9 Å². The molecule has 1 atom stereocenters. The quantitative estimate of drug-likeness (QED) is 0.766. The van der Waals surface area contributed by atoms with Gasteiger partial charge in [-0.1, -0.05) is 12.8 Å². The van der Waals surface area contributed by atoms with Crippen LogP contribution in [-0.4, -0.2) is 58.0 Å². The normalized spacial score (nSPS) is 21.6. The number of benzene rings is 1. The lowest BCUT2D eigenvalue weighted by Gasteiger charge is -2.21. The first-order valence-electron chi connectivity index (χ1n) is 9.72. The minimum atomic E-state index is -3.70. The van der Waals surface area contributed by atoms with Crippen LogP contribution in [0.4, 0.5) is 0 Å². The molecule has 2 heterocycles. The van der Waals surface area contributed by atoms with Crippen molar-refractivity contribution in [3.8, 4) is 5.75 Å². The number of rotatable bonds is 6. The molecule has 2 N–H and O–H groups in total. The molecular weight excluding hydrogens is 366 g/mol. The topological polar surface area (TPSA) is 87.7 Å². The molecule has 2 aliphatic rings. The van der Waals surface area contributed by atoms with E-state index < -0.39 is 10.0 Å². The highest BCUT2D eigenvalue weighted by molar-refractivity contribution is 7.89.